The fourth-order valence-corrected chi connectivity index (χ4v) is 5.21. The van der Waals surface area contributed by atoms with Gasteiger partial charge in [-0.05, 0) is 76.1 Å². The predicted molar refractivity (Wildman–Crippen MR) is 168 cm³/mol. The zero-order valence-corrected chi connectivity index (χ0v) is 22.4. The van der Waals surface area contributed by atoms with Crippen molar-refractivity contribution in [3.05, 3.63) is 168 Å². The maximum atomic E-state index is 4.01. The molecule has 0 saturated heterocycles. The van der Waals surface area contributed by atoms with Crippen LogP contribution in [-0.2, 0) is 6.42 Å². The van der Waals surface area contributed by atoms with Gasteiger partial charge in [0.2, 0.25) is 0 Å². The summed E-state index contributed by atoms with van der Waals surface area (Å²) in [6.07, 6.45) is 12.0. The van der Waals surface area contributed by atoms with Crippen LogP contribution in [0.3, 0.4) is 0 Å². The van der Waals surface area contributed by atoms with Crippen molar-refractivity contribution in [2.24, 2.45) is 0 Å². The van der Waals surface area contributed by atoms with Crippen LogP contribution in [0, 0.1) is 0 Å². The average Bonchev–Trinajstić information content (AvgIpc) is 2.99. The van der Waals surface area contributed by atoms with Gasteiger partial charge in [-0.15, -0.1) is 0 Å². The molecule has 4 aromatic rings. The summed E-state index contributed by atoms with van der Waals surface area (Å²) in [7, 11) is 0. The van der Waals surface area contributed by atoms with E-state index in [1.807, 2.05) is 24.3 Å². The number of hydrogen-bond donors (Lipinski definition) is 0. The lowest BCUT2D eigenvalue weighted by Crippen LogP contribution is -2.10. The van der Waals surface area contributed by atoms with Gasteiger partial charge >= 0.3 is 0 Å². The van der Waals surface area contributed by atoms with Gasteiger partial charge < -0.3 is 0 Å². The lowest BCUT2D eigenvalue weighted by Gasteiger charge is -2.26. The van der Waals surface area contributed by atoms with Gasteiger partial charge in [-0.1, -0.05) is 148 Å². The molecular weight excluding hydrogens is 456 g/mol. The van der Waals surface area contributed by atoms with Gasteiger partial charge in [-0.2, -0.15) is 0 Å². The van der Waals surface area contributed by atoms with E-state index < -0.39 is 0 Å². The Kier molecular flexibility index (Phi) is 9.48. The summed E-state index contributed by atoms with van der Waals surface area (Å²) in [5, 5.41) is 0. The normalized spacial score (nSPS) is 11.6. The van der Waals surface area contributed by atoms with Crippen LogP contribution in [-0.4, -0.2) is 0 Å². The molecule has 0 aliphatic carbocycles. The molecule has 0 spiro atoms. The highest BCUT2D eigenvalue weighted by atomic mass is 14.3. The van der Waals surface area contributed by atoms with E-state index in [1.165, 1.54) is 33.4 Å². The molecule has 0 bridgehead atoms. The van der Waals surface area contributed by atoms with Gasteiger partial charge in [0, 0.05) is 5.92 Å². The van der Waals surface area contributed by atoms with Gasteiger partial charge in [-0.3, -0.25) is 0 Å². The maximum absolute atomic E-state index is 4.01. The highest BCUT2D eigenvalue weighted by Gasteiger charge is 2.22. The van der Waals surface area contributed by atoms with E-state index in [0.717, 1.165) is 36.8 Å². The second-order valence-electron chi connectivity index (χ2n) is 9.94. The van der Waals surface area contributed by atoms with Gasteiger partial charge in [0.05, 0.1) is 0 Å². The highest BCUT2D eigenvalue weighted by Crippen LogP contribution is 2.38. The molecule has 4 aromatic carbocycles. The lowest BCUT2D eigenvalue weighted by atomic mass is 9.78. The van der Waals surface area contributed by atoms with E-state index in [-0.39, 0.29) is 5.92 Å². The summed E-state index contributed by atoms with van der Waals surface area (Å²) in [5.74, 6) is 0.711. The molecule has 0 aliphatic heterocycles. The number of rotatable bonds is 13. The molecule has 0 radical (unpaired) electrons. The summed E-state index contributed by atoms with van der Waals surface area (Å²) < 4.78 is 0. The number of benzene rings is 4. The average molecular weight is 495 g/mol. The van der Waals surface area contributed by atoms with Crippen molar-refractivity contribution in [3.8, 4) is 0 Å². The first-order valence-corrected chi connectivity index (χ1v) is 13.5. The minimum atomic E-state index is 0.289. The Morgan fingerprint density at radius 3 is 1.53 bits per heavy atom. The van der Waals surface area contributed by atoms with Gasteiger partial charge in [0.15, 0.2) is 0 Å². The third-order valence-corrected chi connectivity index (χ3v) is 7.52. The molecular formula is C38H38. The zero-order valence-electron chi connectivity index (χ0n) is 22.4. The molecule has 0 N–H and O–H groups in total. The van der Waals surface area contributed by atoms with Crippen LogP contribution in [0.15, 0.2) is 123 Å². The third kappa shape index (κ3) is 6.99. The summed E-state index contributed by atoms with van der Waals surface area (Å²) in [5.41, 5.74) is 10.1. The van der Waals surface area contributed by atoms with Crippen molar-refractivity contribution in [2.75, 3.05) is 0 Å². The summed E-state index contributed by atoms with van der Waals surface area (Å²) >= 11 is 0. The Morgan fingerprint density at radius 2 is 1.03 bits per heavy atom. The SMILES string of the molecule is C=Cc1ccc(CCCC(CC(c2ccc(C=C)cc2)c2ccc(C=C)cc2)c2cccc(C=C)c2)cc1. The first-order chi connectivity index (χ1) is 18.6. The molecule has 0 aliphatic rings. The Labute approximate surface area is 229 Å². The molecule has 0 amide bonds. The molecule has 4 rings (SSSR count). The van der Waals surface area contributed by atoms with Crippen molar-refractivity contribution in [1.29, 1.82) is 0 Å². The standard InChI is InChI=1S/C38H38/c1-5-29-15-17-33(18-16-29)12-10-14-37(36-13-9-11-32(8-4)27-36)28-38(34-23-19-30(6-2)20-24-34)35-25-21-31(7-3)22-26-35/h5-9,11,13,15-27,37-38H,1-4,10,12,14,28H2. The molecule has 0 fully saturated rings. The highest BCUT2D eigenvalue weighted by molar-refractivity contribution is 5.52. The predicted octanol–water partition coefficient (Wildman–Crippen LogP) is 10.6. The van der Waals surface area contributed by atoms with Crippen LogP contribution >= 0.6 is 0 Å². The van der Waals surface area contributed by atoms with Crippen molar-refractivity contribution in [2.45, 2.75) is 37.5 Å². The van der Waals surface area contributed by atoms with Crippen LogP contribution in [0.5, 0.6) is 0 Å². The first kappa shape index (κ1) is 26.9. The fourth-order valence-electron chi connectivity index (χ4n) is 5.21. The van der Waals surface area contributed by atoms with E-state index in [0.29, 0.717) is 5.92 Å². The Balaban J connectivity index is 1.64. The molecule has 0 nitrogen and oxygen atoms in total. The van der Waals surface area contributed by atoms with Gasteiger partial charge in [0.1, 0.15) is 0 Å². The molecule has 190 valence electrons. The molecule has 38 heavy (non-hydrogen) atoms. The summed E-state index contributed by atoms with van der Waals surface area (Å²) in [6, 6.07) is 35.4. The molecule has 0 aromatic heterocycles. The molecule has 1 atom stereocenters. The van der Waals surface area contributed by atoms with Crippen molar-refractivity contribution >= 4 is 24.3 Å². The molecule has 1 unspecified atom stereocenters. The van der Waals surface area contributed by atoms with Crippen LogP contribution in [0.1, 0.15) is 75.6 Å². The fraction of sp³-hybridized carbons (Fsp3) is 0.158. The van der Waals surface area contributed by atoms with Crippen molar-refractivity contribution < 1.29 is 0 Å². The van der Waals surface area contributed by atoms with Gasteiger partial charge in [-0.25, -0.2) is 0 Å². The molecule has 0 saturated carbocycles. The summed E-state index contributed by atoms with van der Waals surface area (Å²) in [6.45, 7) is 15.8. The Morgan fingerprint density at radius 1 is 0.526 bits per heavy atom. The third-order valence-electron chi connectivity index (χ3n) is 7.52. The van der Waals surface area contributed by atoms with Crippen LogP contribution in [0.2, 0.25) is 0 Å². The van der Waals surface area contributed by atoms with E-state index in [1.54, 1.807) is 0 Å². The topological polar surface area (TPSA) is 0 Å². The Bertz CT molecular complexity index is 1300. The van der Waals surface area contributed by atoms with E-state index in [2.05, 4.69) is 123 Å². The smallest absolute Gasteiger partial charge is 0.00951 e. The quantitative estimate of drug-likeness (QED) is 0.173. The minimum absolute atomic E-state index is 0.289. The molecule has 0 heteroatoms. The largest absolute Gasteiger partial charge is 0.0985 e. The second-order valence-corrected chi connectivity index (χ2v) is 9.94. The van der Waals surface area contributed by atoms with Crippen LogP contribution in [0.4, 0.5) is 0 Å². The van der Waals surface area contributed by atoms with Crippen LogP contribution < -0.4 is 0 Å². The number of hydrogen-bond acceptors (Lipinski definition) is 0. The monoisotopic (exact) mass is 494 g/mol. The van der Waals surface area contributed by atoms with Gasteiger partial charge in [0.25, 0.3) is 0 Å². The van der Waals surface area contributed by atoms with Crippen molar-refractivity contribution in [3.63, 3.8) is 0 Å². The Hall–Kier alpha value is -4.16. The number of aryl methyl sites for hydroxylation is 1. The van der Waals surface area contributed by atoms with E-state index in [9.17, 15) is 0 Å². The van der Waals surface area contributed by atoms with E-state index >= 15 is 0 Å². The molecule has 0 heterocycles. The first-order valence-electron chi connectivity index (χ1n) is 13.5. The lowest BCUT2D eigenvalue weighted by molar-refractivity contribution is 0.522. The maximum Gasteiger partial charge on any atom is 0.00951 e. The minimum Gasteiger partial charge on any atom is -0.0985 e. The van der Waals surface area contributed by atoms with E-state index in [4.69, 9.17) is 0 Å². The van der Waals surface area contributed by atoms with Crippen LogP contribution in [0.25, 0.3) is 24.3 Å². The summed E-state index contributed by atoms with van der Waals surface area (Å²) in [4.78, 5) is 0. The second kappa shape index (κ2) is 13.4. The van der Waals surface area contributed by atoms with Crippen molar-refractivity contribution in [1.82, 2.24) is 0 Å². The zero-order chi connectivity index (χ0) is 26.7.